The number of hydrazone groups is 2. The van der Waals surface area contributed by atoms with E-state index in [1.54, 1.807) is 0 Å². The van der Waals surface area contributed by atoms with Gasteiger partial charge in [0.1, 0.15) is 30.1 Å². The number of aliphatic hydroxyl groups is 5. The Hall–Kier alpha value is -1.48. The number of thiocarbonyl (C=S) groups is 2. The topological polar surface area (TPSA) is 202 Å². The van der Waals surface area contributed by atoms with E-state index >= 15 is 0 Å². The van der Waals surface area contributed by atoms with Crippen molar-refractivity contribution in [2.24, 2.45) is 21.7 Å². The standard InChI is InChI=1S/C9H18N6O5S2/c10-8(21)14-12-1-3(13-15-9(11)22)5(18)7(20)6(19)4(17)2-16/h1,4-7,16-20H,2H2,(H3,10,14,21)(H3,11,15,22)/b12-1-,13-3+/t4-,5+,6-,7+/m0/s1. The Kier molecular flexibility index (Phi) is 9.59. The van der Waals surface area contributed by atoms with Crippen LogP contribution in [-0.4, -0.2) is 78.7 Å². The van der Waals surface area contributed by atoms with Gasteiger partial charge in [0.15, 0.2) is 10.2 Å². The number of aliphatic hydroxyl groups excluding tert-OH is 5. The Bertz CT molecular complexity index is 448. The van der Waals surface area contributed by atoms with Crippen molar-refractivity contribution in [3.63, 3.8) is 0 Å². The normalized spacial score (nSPS) is 17.6. The van der Waals surface area contributed by atoms with Crippen LogP contribution in [0.25, 0.3) is 0 Å². The van der Waals surface area contributed by atoms with Crippen molar-refractivity contribution in [3.8, 4) is 0 Å². The minimum atomic E-state index is -1.88. The van der Waals surface area contributed by atoms with Crippen LogP contribution in [0.4, 0.5) is 0 Å². The quantitative estimate of drug-likeness (QED) is 0.115. The van der Waals surface area contributed by atoms with Crippen molar-refractivity contribution in [2.75, 3.05) is 6.61 Å². The highest BCUT2D eigenvalue weighted by atomic mass is 32.1. The molecule has 4 atom stereocenters. The van der Waals surface area contributed by atoms with Crippen molar-refractivity contribution in [2.45, 2.75) is 24.4 Å². The fourth-order valence-electron chi connectivity index (χ4n) is 1.15. The number of nitrogens with two attached hydrogens (primary N) is 2. The van der Waals surface area contributed by atoms with Gasteiger partial charge in [0.25, 0.3) is 0 Å². The molecule has 0 fully saturated rings. The van der Waals surface area contributed by atoms with Crippen LogP contribution in [0.5, 0.6) is 0 Å². The number of hydrogen-bond donors (Lipinski definition) is 9. The summed E-state index contributed by atoms with van der Waals surface area (Å²) in [5.41, 5.74) is 14.3. The first-order chi connectivity index (χ1) is 10.2. The van der Waals surface area contributed by atoms with E-state index in [-0.39, 0.29) is 15.9 Å². The predicted molar refractivity (Wildman–Crippen MR) is 86.9 cm³/mol. The molecule has 126 valence electrons. The molecule has 0 aliphatic rings. The van der Waals surface area contributed by atoms with E-state index in [0.29, 0.717) is 0 Å². The van der Waals surface area contributed by atoms with Gasteiger partial charge >= 0.3 is 0 Å². The maximum atomic E-state index is 9.93. The van der Waals surface area contributed by atoms with Gasteiger partial charge in [-0.05, 0) is 24.4 Å². The van der Waals surface area contributed by atoms with E-state index in [1.807, 2.05) is 0 Å². The van der Waals surface area contributed by atoms with E-state index in [0.717, 1.165) is 6.21 Å². The number of rotatable bonds is 8. The molecular formula is C9H18N6O5S2. The van der Waals surface area contributed by atoms with Crippen LogP contribution in [0.3, 0.4) is 0 Å². The van der Waals surface area contributed by atoms with Gasteiger partial charge in [-0.15, -0.1) is 0 Å². The first-order valence-electron chi connectivity index (χ1n) is 5.75. The largest absolute Gasteiger partial charge is 0.394 e. The molecule has 0 bridgehead atoms. The van der Waals surface area contributed by atoms with Crippen LogP contribution >= 0.6 is 24.4 Å². The average molecular weight is 354 g/mol. The van der Waals surface area contributed by atoms with Crippen LogP contribution < -0.4 is 22.3 Å². The predicted octanol–water partition coefficient (Wildman–Crippen LogP) is -4.57. The Morgan fingerprint density at radius 3 is 2.05 bits per heavy atom. The van der Waals surface area contributed by atoms with Gasteiger partial charge in [-0.1, -0.05) is 0 Å². The van der Waals surface area contributed by atoms with Gasteiger partial charge in [0.2, 0.25) is 0 Å². The molecule has 0 aromatic heterocycles. The Morgan fingerprint density at radius 2 is 1.59 bits per heavy atom. The highest BCUT2D eigenvalue weighted by Crippen LogP contribution is 2.06. The van der Waals surface area contributed by atoms with Crippen molar-refractivity contribution in [1.82, 2.24) is 10.9 Å². The zero-order chi connectivity index (χ0) is 17.3. The lowest BCUT2D eigenvalue weighted by Crippen LogP contribution is -2.49. The molecule has 0 aliphatic carbocycles. The zero-order valence-corrected chi connectivity index (χ0v) is 12.8. The van der Waals surface area contributed by atoms with Gasteiger partial charge in [-0.25, -0.2) is 0 Å². The van der Waals surface area contributed by atoms with Crippen LogP contribution in [0.15, 0.2) is 10.2 Å². The Labute approximate surface area is 136 Å². The summed E-state index contributed by atoms with van der Waals surface area (Å²) in [4.78, 5) is 0. The van der Waals surface area contributed by atoms with Crippen LogP contribution in [0.1, 0.15) is 0 Å². The summed E-state index contributed by atoms with van der Waals surface area (Å²) in [5, 5.41) is 53.9. The molecule has 0 spiro atoms. The van der Waals surface area contributed by atoms with Gasteiger partial charge < -0.3 is 37.0 Å². The second kappa shape index (κ2) is 10.3. The number of nitrogens with one attached hydrogen (secondary N) is 2. The van der Waals surface area contributed by atoms with E-state index in [1.165, 1.54) is 0 Å². The highest BCUT2D eigenvalue weighted by Gasteiger charge is 2.32. The maximum absolute atomic E-state index is 9.93. The fourth-order valence-corrected chi connectivity index (χ4v) is 1.25. The second-order valence-corrected chi connectivity index (χ2v) is 4.80. The summed E-state index contributed by atoms with van der Waals surface area (Å²) in [6, 6.07) is 0. The molecule has 0 radical (unpaired) electrons. The van der Waals surface area contributed by atoms with E-state index in [4.69, 9.17) is 16.6 Å². The minimum Gasteiger partial charge on any atom is -0.394 e. The van der Waals surface area contributed by atoms with Crippen LogP contribution in [0, 0.1) is 0 Å². The minimum absolute atomic E-state index is 0.163. The summed E-state index contributed by atoms with van der Waals surface area (Å²) in [6.07, 6.45) is -6.26. The molecule has 0 amide bonds. The lowest BCUT2D eigenvalue weighted by Gasteiger charge is -2.25. The Balaban J connectivity index is 5.13. The summed E-state index contributed by atoms with van der Waals surface area (Å²) >= 11 is 9.03. The zero-order valence-electron chi connectivity index (χ0n) is 11.2. The van der Waals surface area contributed by atoms with Gasteiger partial charge in [0.05, 0.1) is 12.8 Å². The van der Waals surface area contributed by atoms with Crippen molar-refractivity contribution < 1.29 is 25.5 Å². The molecule has 0 unspecified atom stereocenters. The van der Waals surface area contributed by atoms with Crippen LogP contribution in [-0.2, 0) is 0 Å². The Morgan fingerprint density at radius 1 is 1.05 bits per heavy atom. The molecule has 13 heteroatoms. The van der Waals surface area contributed by atoms with E-state index in [9.17, 15) is 20.4 Å². The molecule has 0 heterocycles. The van der Waals surface area contributed by atoms with Crippen molar-refractivity contribution in [1.29, 1.82) is 0 Å². The molecule has 11 N–H and O–H groups in total. The number of nitrogens with zero attached hydrogens (tertiary/aromatic N) is 2. The lowest BCUT2D eigenvalue weighted by atomic mass is 10.0. The lowest BCUT2D eigenvalue weighted by molar-refractivity contribution is -0.100. The third kappa shape index (κ3) is 7.51. The molecule has 0 saturated carbocycles. The molecule has 0 aromatic rings. The molecular weight excluding hydrogens is 336 g/mol. The van der Waals surface area contributed by atoms with Gasteiger partial charge in [-0.2, -0.15) is 10.2 Å². The van der Waals surface area contributed by atoms with Crippen LogP contribution in [0.2, 0.25) is 0 Å². The van der Waals surface area contributed by atoms with Gasteiger partial charge in [-0.3, -0.25) is 10.9 Å². The smallest absolute Gasteiger partial charge is 0.184 e. The summed E-state index contributed by atoms with van der Waals surface area (Å²) in [7, 11) is 0. The molecule has 0 saturated heterocycles. The molecule has 11 nitrogen and oxygen atoms in total. The average Bonchev–Trinajstić information content (AvgIpc) is 2.46. The molecule has 0 aliphatic heterocycles. The summed E-state index contributed by atoms with van der Waals surface area (Å²) < 4.78 is 0. The monoisotopic (exact) mass is 354 g/mol. The second-order valence-electron chi connectivity index (χ2n) is 3.92. The third-order valence-electron chi connectivity index (χ3n) is 2.22. The third-order valence-corrected chi connectivity index (χ3v) is 2.41. The fraction of sp³-hybridized carbons (Fsp3) is 0.556. The number of hydrogen-bond acceptors (Lipinski definition) is 9. The van der Waals surface area contributed by atoms with Gasteiger partial charge in [0, 0.05) is 0 Å². The first-order valence-corrected chi connectivity index (χ1v) is 6.57. The SMILES string of the molecule is NC(=S)N/N=C\C(=N/NC(N)=S)[C@@H](O)[C@@H](O)[C@@H](O)[C@@H](O)CO. The van der Waals surface area contributed by atoms with Crippen molar-refractivity contribution in [3.05, 3.63) is 0 Å². The first kappa shape index (κ1) is 20.5. The van der Waals surface area contributed by atoms with Crippen molar-refractivity contribution >= 4 is 46.6 Å². The molecule has 0 rings (SSSR count). The maximum Gasteiger partial charge on any atom is 0.184 e. The molecule has 22 heavy (non-hydrogen) atoms. The highest BCUT2D eigenvalue weighted by molar-refractivity contribution is 7.80. The van der Waals surface area contributed by atoms with E-state index < -0.39 is 31.0 Å². The summed E-state index contributed by atoms with van der Waals surface area (Å²) in [6.45, 7) is -0.820. The van der Waals surface area contributed by atoms with E-state index in [2.05, 4.69) is 45.5 Å². The molecule has 0 aromatic carbocycles. The summed E-state index contributed by atoms with van der Waals surface area (Å²) in [5.74, 6) is 0.